The number of pyridine rings is 1. The summed E-state index contributed by atoms with van der Waals surface area (Å²) in [5, 5.41) is 25.8. The number of aromatic nitrogens is 1. The van der Waals surface area contributed by atoms with Gasteiger partial charge in [0.1, 0.15) is 0 Å². The van der Waals surface area contributed by atoms with Gasteiger partial charge >= 0.3 is 0 Å². The highest BCUT2D eigenvalue weighted by atomic mass is 79.9. The van der Waals surface area contributed by atoms with Gasteiger partial charge in [-0.2, -0.15) is 5.10 Å². The first kappa shape index (κ1) is 15.6. The maximum Gasteiger partial charge on any atom is 0.272 e. The maximum atomic E-state index is 11.8. The Hall–Kier alpha value is -2.81. The van der Waals surface area contributed by atoms with Crippen LogP contribution >= 0.6 is 15.9 Å². The molecule has 0 saturated carbocycles. The summed E-state index contributed by atoms with van der Waals surface area (Å²) in [6, 6.07) is 4.80. The number of nitrogens with zero attached hydrogens (tertiary/aromatic N) is 3. The third kappa shape index (κ3) is 3.85. The fourth-order valence-electron chi connectivity index (χ4n) is 1.51. The molecule has 1 aromatic carbocycles. The van der Waals surface area contributed by atoms with E-state index in [1.807, 2.05) is 0 Å². The van der Waals surface area contributed by atoms with E-state index in [-0.39, 0.29) is 16.8 Å². The number of rotatable bonds is 4. The quantitative estimate of drug-likeness (QED) is 0.502. The number of nitrogens with one attached hydrogen (secondary N) is 1. The van der Waals surface area contributed by atoms with Crippen LogP contribution in [0.5, 0.6) is 5.75 Å². The lowest BCUT2D eigenvalue weighted by Gasteiger charge is -2.08. The molecule has 0 fully saturated rings. The van der Waals surface area contributed by atoms with Crippen LogP contribution in [-0.4, -0.2) is 22.0 Å². The molecule has 0 aliphatic carbocycles. The lowest BCUT2D eigenvalue weighted by molar-refractivity contribution is -0.385. The van der Waals surface area contributed by atoms with E-state index in [0.717, 1.165) is 24.4 Å². The lowest BCUT2D eigenvalue weighted by atomic mass is 10.2. The molecule has 9 heteroatoms. The number of carbonyl (C=O) groups excluding carboxylic acids is 1. The van der Waals surface area contributed by atoms with E-state index in [9.17, 15) is 20.0 Å². The van der Waals surface area contributed by atoms with Gasteiger partial charge in [0.2, 0.25) is 0 Å². The van der Waals surface area contributed by atoms with Crippen LogP contribution in [0.25, 0.3) is 0 Å². The van der Waals surface area contributed by atoms with Crippen LogP contribution in [0, 0.1) is 10.1 Å². The summed E-state index contributed by atoms with van der Waals surface area (Å²) in [5.74, 6) is -0.962. The summed E-state index contributed by atoms with van der Waals surface area (Å²) in [4.78, 5) is 25.6. The van der Waals surface area contributed by atoms with Gasteiger partial charge in [0.15, 0.2) is 0 Å². The topological polar surface area (TPSA) is 121 Å². The minimum Gasteiger partial charge on any atom is -0.872 e. The molecule has 0 spiro atoms. The summed E-state index contributed by atoms with van der Waals surface area (Å²) in [6.45, 7) is 0. The first-order valence-corrected chi connectivity index (χ1v) is 6.66. The third-order valence-electron chi connectivity index (χ3n) is 2.54. The van der Waals surface area contributed by atoms with Crippen molar-refractivity contribution in [1.29, 1.82) is 0 Å². The van der Waals surface area contributed by atoms with E-state index in [4.69, 9.17) is 0 Å². The second-order valence-electron chi connectivity index (χ2n) is 4.07. The molecule has 0 bridgehead atoms. The molecule has 0 aliphatic heterocycles. The van der Waals surface area contributed by atoms with Crippen molar-refractivity contribution in [3.05, 3.63) is 62.4 Å². The number of nitro groups is 1. The fourth-order valence-corrected chi connectivity index (χ4v) is 1.88. The van der Waals surface area contributed by atoms with E-state index in [0.29, 0.717) is 4.47 Å². The molecule has 8 nitrogen and oxygen atoms in total. The van der Waals surface area contributed by atoms with Gasteiger partial charge in [-0.1, -0.05) is 11.8 Å². The second-order valence-corrected chi connectivity index (χ2v) is 4.99. The molecule has 1 heterocycles. The Kier molecular flexibility index (Phi) is 4.79. The molecule has 1 aromatic heterocycles. The molecule has 0 radical (unpaired) electrons. The van der Waals surface area contributed by atoms with Gasteiger partial charge in [0, 0.05) is 29.0 Å². The van der Waals surface area contributed by atoms with Crippen molar-refractivity contribution in [1.82, 2.24) is 10.4 Å². The van der Waals surface area contributed by atoms with Gasteiger partial charge in [-0.15, -0.1) is 0 Å². The van der Waals surface area contributed by atoms with Crippen LogP contribution < -0.4 is 10.5 Å². The van der Waals surface area contributed by atoms with Crippen molar-refractivity contribution in [2.75, 3.05) is 0 Å². The molecular formula is C13H8BrN4O4-. The number of halogens is 1. The first-order valence-electron chi connectivity index (χ1n) is 5.87. The molecule has 2 rings (SSSR count). The molecule has 1 amide bonds. The van der Waals surface area contributed by atoms with E-state index in [1.54, 1.807) is 6.07 Å². The first-order chi connectivity index (χ1) is 10.5. The molecular weight excluding hydrogens is 356 g/mol. The molecule has 0 aliphatic rings. The number of amides is 1. The number of hydrogen-bond donors (Lipinski definition) is 1. The lowest BCUT2D eigenvalue weighted by Crippen LogP contribution is -2.17. The summed E-state index contributed by atoms with van der Waals surface area (Å²) >= 11 is 3.18. The Morgan fingerprint density at radius 2 is 2.14 bits per heavy atom. The highest BCUT2D eigenvalue weighted by Crippen LogP contribution is 2.19. The predicted octanol–water partition coefficient (Wildman–Crippen LogP) is 1.59. The van der Waals surface area contributed by atoms with Crippen molar-refractivity contribution in [2.24, 2.45) is 5.10 Å². The van der Waals surface area contributed by atoms with E-state index >= 15 is 0 Å². The Labute approximate surface area is 132 Å². The number of hydrogen-bond acceptors (Lipinski definition) is 6. The van der Waals surface area contributed by atoms with E-state index < -0.39 is 16.6 Å². The van der Waals surface area contributed by atoms with E-state index in [1.165, 1.54) is 12.4 Å². The van der Waals surface area contributed by atoms with Crippen LogP contribution in [0.3, 0.4) is 0 Å². The number of benzene rings is 1. The van der Waals surface area contributed by atoms with Crippen molar-refractivity contribution in [3.8, 4) is 5.75 Å². The zero-order valence-electron chi connectivity index (χ0n) is 10.9. The van der Waals surface area contributed by atoms with E-state index in [2.05, 4.69) is 31.4 Å². The minimum absolute atomic E-state index is 0.00173. The van der Waals surface area contributed by atoms with Gasteiger partial charge in [-0.05, 0) is 27.6 Å². The normalized spacial score (nSPS) is 10.6. The molecule has 112 valence electrons. The molecule has 0 saturated heterocycles. The van der Waals surface area contributed by atoms with Gasteiger partial charge in [-0.25, -0.2) is 5.43 Å². The summed E-state index contributed by atoms with van der Waals surface area (Å²) in [6.07, 6.45) is 3.92. The zero-order chi connectivity index (χ0) is 16.1. The number of non-ortho nitro benzene ring substituents is 1. The SMILES string of the molecule is O=C(N/N=C\c1cc([N+](=O)[O-])ccc1[O-])c1cncc(Br)c1. The van der Waals surface area contributed by atoms with Crippen molar-refractivity contribution in [3.63, 3.8) is 0 Å². The Morgan fingerprint density at radius 1 is 1.36 bits per heavy atom. The Morgan fingerprint density at radius 3 is 2.82 bits per heavy atom. The van der Waals surface area contributed by atoms with Gasteiger partial charge < -0.3 is 5.11 Å². The average Bonchev–Trinajstić information content (AvgIpc) is 2.48. The molecule has 22 heavy (non-hydrogen) atoms. The van der Waals surface area contributed by atoms with Crippen molar-refractivity contribution >= 4 is 33.7 Å². The number of nitro benzene ring substituents is 1. The molecule has 2 aromatic rings. The predicted molar refractivity (Wildman–Crippen MR) is 79.5 cm³/mol. The monoisotopic (exact) mass is 363 g/mol. The van der Waals surface area contributed by atoms with Crippen molar-refractivity contribution in [2.45, 2.75) is 0 Å². The molecule has 1 N–H and O–H groups in total. The number of hydrazone groups is 1. The summed E-state index contributed by atoms with van der Waals surface area (Å²) < 4.78 is 0.629. The molecule has 0 atom stereocenters. The maximum absolute atomic E-state index is 11.8. The zero-order valence-corrected chi connectivity index (χ0v) is 12.5. The molecule has 0 unspecified atom stereocenters. The number of carbonyl (C=O) groups is 1. The van der Waals surface area contributed by atoms with Crippen LogP contribution in [-0.2, 0) is 0 Å². The Balaban J connectivity index is 2.11. The second kappa shape index (κ2) is 6.76. The van der Waals surface area contributed by atoms with Crippen LogP contribution in [0.1, 0.15) is 15.9 Å². The third-order valence-corrected chi connectivity index (χ3v) is 2.97. The van der Waals surface area contributed by atoms with Crippen LogP contribution in [0.15, 0.2) is 46.2 Å². The highest BCUT2D eigenvalue weighted by Gasteiger charge is 2.07. The highest BCUT2D eigenvalue weighted by molar-refractivity contribution is 9.10. The smallest absolute Gasteiger partial charge is 0.272 e. The van der Waals surface area contributed by atoms with Crippen LogP contribution in [0.4, 0.5) is 5.69 Å². The summed E-state index contributed by atoms with van der Waals surface area (Å²) in [5.41, 5.74) is 2.25. The minimum atomic E-state index is -0.622. The van der Waals surface area contributed by atoms with Crippen molar-refractivity contribution < 1.29 is 14.8 Å². The van der Waals surface area contributed by atoms with Gasteiger partial charge in [0.05, 0.1) is 16.7 Å². The standard InChI is InChI=1S/C13H9BrN4O4/c14-10-3-9(5-15-7-10)13(20)17-16-6-8-4-11(18(21)22)1-2-12(8)19/h1-7,19H,(H,17,20)/p-1/b16-6-. The van der Waals surface area contributed by atoms with Gasteiger partial charge in [-0.3, -0.25) is 19.9 Å². The fraction of sp³-hybridized carbons (Fsp3) is 0. The average molecular weight is 364 g/mol. The van der Waals surface area contributed by atoms with Crippen LogP contribution in [0.2, 0.25) is 0 Å². The largest absolute Gasteiger partial charge is 0.872 e. The van der Waals surface area contributed by atoms with Gasteiger partial charge in [0.25, 0.3) is 11.6 Å². The Bertz CT molecular complexity index is 763. The summed E-state index contributed by atoms with van der Waals surface area (Å²) in [7, 11) is 0.